The van der Waals surface area contributed by atoms with Crippen LogP contribution in [0, 0.1) is 5.92 Å². The second-order valence-electron chi connectivity index (χ2n) is 9.76. The molecule has 0 saturated carbocycles. The minimum Gasteiger partial charge on any atom is -0.394 e. The van der Waals surface area contributed by atoms with Crippen LogP contribution in [-0.4, -0.2) is 69.3 Å². The summed E-state index contributed by atoms with van der Waals surface area (Å²) in [5.74, 6) is 1.49. The molecule has 3 N–H and O–H groups in total. The van der Waals surface area contributed by atoms with Crippen LogP contribution < -0.4 is 15.5 Å². The Labute approximate surface area is 221 Å². The van der Waals surface area contributed by atoms with Crippen molar-refractivity contribution < 1.29 is 14.6 Å². The number of morpholine rings is 1. The highest BCUT2D eigenvalue weighted by molar-refractivity contribution is 6.00. The molecule has 10 nitrogen and oxygen atoms in total. The van der Waals surface area contributed by atoms with Crippen molar-refractivity contribution in [3.05, 3.63) is 66.7 Å². The second kappa shape index (κ2) is 11.6. The van der Waals surface area contributed by atoms with Crippen LogP contribution in [0.2, 0.25) is 0 Å². The lowest BCUT2D eigenvalue weighted by molar-refractivity contribution is 0.0903. The average molecular weight is 516 g/mol. The molecule has 3 aromatic heterocycles. The highest BCUT2D eigenvalue weighted by atomic mass is 16.5. The van der Waals surface area contributed by atoms with Gasteiger partial charge in [-0.05, 0) is 24.5 Å². The van der Waals surface area contributed by atoms with Gasteiger partial charge in [0, 0.05) is 30.9 Å². The summed E-state index contributed by atoms with van der Waals surface area (Å²) in [6.45, 7) is 6.88. The van der Waals surface area contributed by atoms with Crippen LogP contribution >= 0.6 is 0 Å². The fourth-order valence-electron chi connectivity index (χ4n) is 4.70. The molecular weight excluding hydrogens is 482 g/mol. The summed E-state index contributed by atoms with van der Waals surface area (Å²) in [6, 6.07) is 15.0. The molecule has 0 unspecified atom stereocenters. The van der Waals surface area contributed by atoms with Crippen LogP contribution in [0.1, 0.15) is 30.8 Å². The van der Waals surface area contributed by atoms with E-state index in [9.17, 15) is 9.90 Å². The van der Waals surface area contributed by atoms with E-state index in [0.717, 1.165) is 24.5 Å². The van der Waals surface area contributed by atoms with Crippen molar-refractivity contribution in [1.82, 2.24) is 24.7 Å². The minimum absolute atomic E-state index is 0.132. The van der Waals surface area contributed by atoms with E-state index in [0.29, 0.717) is 54.1 Å². The number of hydrogen-bond donors (Lipinski definition) is 3. The van der Waals surface area contributed by atoms with Crippen molar-refractivity contribution in [3.63, 3.8) is 0 Å². The fraction of sp³-hybridized carbons (Fsp3) is 0.357. The number of aromatic nitrogens is 4. The average Bonchev–Trinajstić information content (AvgIpc) is 3.34. The molecule has 10 heteroatoms. The van der Waals surface area contributed by atoms with Gasteiger partial charge in [0.15, 0.2) is 5.65 Å². The SMILES string of the molecule is CC(C)C[C@@H](CO)NC(=O)c1c(-c2ccccc2)nc2c(Nc3cc(N4CCOCC4)ncn3)cccn12. The number of imidazole rings is 1. The molecule has 1 aliphatic rings. The van der Waals surface area contributed by atoms with Gasteiger partial charge in [-0.25, -0.2) is 15.0 Å². The molecule has 1 aromatic carbocycles. The Morgan fingerprint density at radius 1 is 1.11 bits per heavy atom. The molecule has 0 bridgehead atoms. The summed E-state index contributed by atoms with van der Waals surface area (Å²) in [4.78, 5) is 29.5. The highest BCUT2D eigenvalue weighted by Gasteiger charge is 2.24. The van der Waals surface area contributed by atoms with E-state index in [2.05, 4.69) is 39.3 Å². The molecule has 0 radical (unpaired) electrons. The largest absolute Gasteiger partial charge is 0.394 e. The zero-order valence-electron chi connectivity index (χ0n) is 21.7. The van der Waals surface area contributed by atoms with Crippen LogP contribution in [-0.2, 0) is 4.74 Å². The van der Waals surface area contributed by atoms with Gasteiger partial charge < -0.3 is 25.4 Å². The van der Waals surface area contributed by atoms with Crippen molar-refractivity contribution in [2.24, 2.45) is 5.92 Å². The van der Waals surface area contributed by atoms with E-state index in [-0.39, 0.29) is 18.6 Å². The molecule has 1 amide bonds. The molecule has 0 spiro atoms. The van der Waals surface area contributed by atoms with E-state index in [1.54, 1.807) is 4.40 Å². The molecule has 1 fully saturated rings. The van der Waals surface area contributed by atoms with E-state index < -0.39 is 0 Å². The Balaban J connectivity index is 1.52. The number of hydrogen-bond acceptors (Lipinski definition) is 8. The Morgan fingerprint density at radius 2 is 1.89 bits per heavy atom. The lowest BCUT2D eigenvalue weighted by atomic mass is 10.0. The number of carbonyl (C=O) groups is 1. The number of amides is 1. The second-order valence-corrected chi connectivity index (χ2v) is 9.76. The van der Waals surface area contributed by atoms with Crippen molar-refractivity contribution in [1.29, 1.82) is 0 Å². The number of pyridine rings is 1. The van der Waals surface area contributed by atoms with Crippen LogP contribution in [0.15, 0.2) is 61.1 Å². The standard InChI is InChI=1S/C28H33N7O3/c1-19(2)15-21(17-36)31-28(37)26-25(20-7-4-3-5-8-20)33-27-22(9-6-10-35(26)27)32-23-16-24(30-18-29-23)34-11-13-38-14-12-34/h3-10,16,18-19,21,36H,11-15,17H2,1-2H3,(H,31,37)(H,29,30,32)/t21-/m0/s1. The summed E-state index contributed by atoms with van der Waals surface area (Å²) >= 11 is 0. The number of benzene rings is 1. The minimum atomic E-state index is -0.349. The van der Waals surface area contributed by atoms with E-state index in [1.807, 2.05) is 54.7 Å². The van der Waals surface area contributed by atoms with Gasteiger partial charge in [0.05, 0.1) is 31.5 Å². The molecular formula is C28H33N7O3. The number of anilines is 3. The topological polar surface area (TPSA) is 117 Å². The lowest BCUT2D eigenvalue weighted by Gasteiger charge is -2.27. The predicted octanol–water partition coefficient (Wildman–Crippen LogP) is 3.51. The van der Waals surface area contributed by atoms with Crippen LogP contribution in [0.5, 0.6) is 0 Å². The number of nitrogens with one attached hydrogen (secondary N) is 2. The Hall–Kier alpha value is -4.02. The number of rotatable bonds is 9. The first-order chi connectivity index (χ1) is 18.5. The highest BCUT2D eigenvalue weighted by Crippen LogP contribution is 2.29. The van der Waals surface area contributed by atoms with Crippen molar-refractivity contribution >= 4 is 28.9 Å². The number of carbonyl (C=O) groups excluding carboxylic acids is 1. The molecule has 0 aliphatic carbocycles. The quantitative estimate of drug-likeness (QED) is 0.310. The molecule has 5 rings (SSSR count). The van der Waals surface area contributed by atoms with Crippen LogP contribution in [0.25, 0.3) is 16.9 Å². The van der Waals surface area contributed by atoms with Crippen molar-refractivity contribution in [2.75, 3.05) is 43.1 Å². The van der Waals surface area contributed by atoms with Gasteiger partial charge in [0.25, 0.3) is 5.91 Å². The molecule has 1 saturated heterocycles. The van der Waals surface area contributed by atoms with E-state index in [4.69, 9.17) is 9.72 Å². The third-order valence-corrected chi connectivity index (χ3v) is 6.47. The van der Waals surface area contributed by atoms with Gasteiger partial charge in [-0.3, -0.25) is 9.20 Å². The predicted molar refractivity (Wildman–Crippen MR) is 147 cm³/mol. The molecule has 4 heterocycles. The number of aliphatic hydroxyl groups is 1. The normalized spacial score (nSPS) is 14.6. The van der Waals surface area contributed by atoms with Gasteiger partial charge in [-0.15, -0.1) is 0 Å². The van der Waals surface area contributed by atoms with Crippen molar-refractivity contribution in [3.8, 4) is 11.3 Å². The van der Waals surface area contributed by atoms with Gasteiger partial charge in [0.2, 0.25) is 0 Å². The molecule has 1 atom stereocenters. The number of nitrogens with zero attached hydrogens (tertiary/aromatic N) is 5. The molecule has 38 heavy (non-hydrogen) atoms. The van der Waals surface area contributed by atoms with Crippen LogP contribution in [0.4, 0.5) is 17.3 Å². The Bertz CT molecular complexity index is 1380. The van der Waals surface area contributed by atoms with Gasteiger partial charge >= 0.3 is 0 Å². The first-order valence-corrected chi connectivity index (χ1v) is 12.9. The van der Waals surface area contributed by atoms with Gasteiger partial charge in [0.1, 0.15) is 29.4 Å². The zero-order valence-corrected chi connectivity index (χ0v) is 21.7. The third-order valence-electron chi connectivity index (χ3n) is 6.47. The van der Waals surface area contributed by atoms with Crippen molar-refractivity contribution in [2.45, 2.75) is 26.3 Å². The van der Waals surface area contributed by atoms with E-state index >= 15 is 0 Å². The number of ether oxygens (including phenoxy) is 1. The summed E-state index contributed by atoms with van der Waals surface area (Å²) < 4.78 is 7.24. The molecule has 4 aromatic rings. The summed E-state index contributed by atoms with van der Waals surface area (Å²) in [7, 11) is 0. The maximum absolute atomic E-state index is 13.6. The number of fused-ring (bicyclic) bond motifs is 1. The summed E-state index contributed by atoms with van der Waals surface area (Å²) in [6.07, 6.45) is 4.03. The number of aliphatic hydroxyl groups excluding tert-OH is 1. The maximum Gasteiger partial charge on any atom is 0.270 e. The Kier molecular flexibility index (Phi) is 7.81. The summed E-state index contributed by atoms with van der Waals surface area (Å²) in [5, 5.41) is 16.3. The molecule has 198 valence electrons. The zero-order chi connectivity index (χ0) is 26.5. The van der Waals surface area contributed by atoms with Crippen LogP contribution in [0.3, 0.4) is 0 Å². The van der Waals surface area contributed by atoms with Gasteiger partial charge in [-0.2, -0.15) is 0 Å². The molecule has 1 aliphatic heterocycles. The summed E-state index contributed by atoms with van der Waals surface area (Å²) in [5.41, 5.74) is 3.10. The smallest absolute Gasteiger partial charge is 0.270 e. The monoisotopic (exact) mass is 515 g/mol. The maximum atomic E-state index is 13.6. The van der Waals surface area contributed by atoms with E-state index in [1.165, 1.54) is 6.33 Å². The Morgan fingerprint density at radius 3 is 2.63 bits per heavy atom. The first kappa shape index (κ1) is 25.6. The fourth-order valence-corrected chi connectivity index (χ4v) is 4.70. The first-order valence-electron chi connectivity index (χ1n) is 12.9. The lowest BCUT2D eigenvalue weighted by Crippen LogP contribution is -2.39. The van der Waals surface area contributed by atoms with Gasteiger partial charge in [-0.1, -0.05) is 44.2 Å². The third kappa shape index (κ3) is 5.61.